The fourth-order valence-electron chi connectivity index (χ4n) is 3.44. The summed E-state index contributed by atoms with van der Waals surface area (Å²) in [6.45, 7) is 4.17. The number of halogens is 2. The summed E-state index contributed by atoms with van der Waals surface area (Å²) in [4.78, 5) is 12.1. The van der Waals surface area contributed by atoms with Crippen LogP contribution in [0.4, 0.5) is 17.5 Å². The minimum absolute atomic E-state index is 0.765. The van der Waals surface area contributed by atoms with E-state index < -0.39 is 0 Å². The zero-order valence-corrected chi connectivity index (χ0v) is 19.6. The number of fused-ring (bicyclic) bond motifs is 1. The van der Waals surface area contributed by atoms with Crippen molar-refractivity contribution in [3.05, 3.63) is 35.5 Å². The lowest BCUT2D eigenvalue weighted by Crippen LogP contribution is -2.31. The molecule has 1 aromatic carbocycles. The van der Waals surface area contributed by atoms with Crippen molar-refractivity contribution in [3.8, 4) is 0 Å². The second kappa shape index (κ2) is 8.46. The minimum Gasteiger partial charge on any atom is -0.341 e. The van der Waals surface area contributed by atoms with Crippen molar-refractivity contribution in [2.75, 3.05) is 23.3 Å². The summed E-state index contributed by atoms with van der Waals surface area (Å²) in [5.74, 6) is 1.64. The highest BCUT2D eigenvalue weighted by atomic mass is 127. The average Bonchev–Trinajstić information content (AvgIpc) is 3.13. The molecule has 0 aliphatic carbocycles. The Morgan fingerprint density at radius 1 is 1.11 bits per heavy atom. The van der Waals surface area contributed by atoms with Gasteiger partial charge in [0, 0.05) is 23.2 Å². The minimum atomic E-state index is 0.765. The number of benzene rings is 1. The summed E-state index contributed by atoms with van der Waals surface area (Å²) in [6.07, 6.45) is 5.56. The lowest BCUT2D eigenvalue weighted by molar-refractivity contribution is 0.568. The van der Waals surface area contributed by atoms with Crippen LogP contribution in [-0.4, -0.2) is 32.8 Å². The van der Waals surface area contributed by atoms with Gasteiger partial charge in [0.15, 0.2) is 5.65 Å². The molecule has 142 valence electrons. The highest BCUT2D eigenvalue weighted by Gasteiger charge is 2.19. The molecule has 3 aromatic rings. The van der Waals surface area contributed by atoms with Crippen molar-refractivity contribution in [2.45, 2.75) is 35.2 Å². The van der Waals surface area contributed by atoms with Gasteiger partial charge in [0.1, 0.15) is 5.82 Å². The van der Waals surface area contributed by atoms with Crippen molar-refractivity contribution < 1.29 is 0 Å². The van der Waals surface area contributed by atoms with Gasteiger partial charge in [0.05, 0.1) is 16.1 Å². The van der Waals surface area contributed by atoms with Gasteiger partial charge < -0.3 is 10.2 Å². The summed E-state index contributed by atoms with van der Waals surface area (Å²) < 4.78 is 3.65. The monoisotopic (exact) mass is 588 g/mol. The first-order valence-corrected chi connectivity index (χ1v) is 12.2. The molecule has 0 amide bonds. The van der Waals surface area contributed by atoms with E-state index in [1.807, 2.05) is 10.9 Å². The van der Waals surface area contributed by atoms with Gasteiger partial charge in [-0.25, -0.2) is 4.68 Å². The largest absolute Gasteiger partial charge is 0.341 e. The van der Waals surface area contributed by atoms with Gasteiger partial charge in [-0.1, -0.05) is 62.9 Å². The Morgan fingerprint density at radius 2 is 1.93 bits per heavy atom. The molecule has 0 bridgehead atoms. The third kappa shape index (κ3) is 4.01. The predicted octanol–water partition coefficient (Wildman–Crippen LogP) is 5.20. The smallest absolute Gasteiger partial charge is 0.229 e. The van der Waals surface area contributed by atoms with Gasteiger partial charge in [-0.15, -0.1) is 0 Å². The first-order valence-electron chi connectivity index (χ1n) is 9.16. The second-order valence-corrected chi connectivity index (χ2v) is 8.29. The van der Waals surface area contributed by atoms with Crippen LogP contribution in [0.2, 0.25) is 0 Å². The van der Waals surface area contributed by atoms with E-state index >= 15 is 0 Å². The predicted molar refractivity (Wildman–Crippen MR) is 128 cm³/mol. The molecular weight excluding hydrogens is 566 g/mol. The molecule has 3 heterocycles. The zero-order chi connectivity index (χ0) is 18.8. The van der Waals surface area contributed by atoms with Crippen LogP contribution in [0.3, 0.4) is 0 Å². The number of anilines is 3. The molecule has 1 aliphatic rings. The summed E-state index contributed by atoms with van der Waals surface area (Å²) in [7, 11) is 0. The number of rotatable bonds is 5. The van der Waals surface area contributed by atoms with Crippen LogP contribution in [-0.2, 0) is 8.98 Å². The summed E-state index contributed by atoms with van der Waals surface area (Å²) in [6, 6.07) is 6.50. The Labute approximate surface area is 186 Å². The summed E-state index contributed by atoms with van der Waals surface area (Å²) in [5, 5.41) is 9.04. The Balaban J connectivity index is 1.80. The highest BCUT2D eigenvalue weighted by molar-refractivity contribution is 14.1. The Bertz CT molecular complexity index is 949. The quantitative estimate of drug-likeness (QED) is 0.329. The Kier molecular flexibility index (Phi) is 6.00. The van der Waals surface area contributed by atoms with E-state index in [0.29, 0.717) is 0 Å². The number of aryl methyl sites for hydroxylation is 1. The second-order valence-electron chi connectivity index (χ2n) is 6.84. The topological polar surface area (TPSA) is 58.9 Å². The average molecular weight is 588 g/mol. The molecule has 0 radical (unpaired) electrons. The lowest BCUT2D eigenvalue weighted by atomic mass is 10.1. The third-order valence-corrected chi connectivity index (χ3v) is 6.36. The molecule has 4 rings (SSSR count). The van der Waals surface area contributed by atoms with Gasteiger partial charge in [-0.2, -0.15) is 15.1 Å². The van der Waals surface area contributed by atoms with Crippen molar-refractivity contribution >= 4 is 73.7 Å². The van der Waals surface area contributed by atoms with Gasteiger partial charge >= 0.3 is 0 Å². The maximum absolute atomic E-state index is 4.91. The molecule has 1 fully saturated rings. The van der Waals surface area contributed by atoms with Crippen molar-refractivity contribution in [3.63, 3.8) is 0 Å². The number of nitrogens with zero attached hydrogens (tertiary/aromatic N) is 5. The first kappa shape index (κ1) is 19.2. The molecule has 1 saturated heterocycles. The standard InChI is InChI=1S/C19H22I2N6/c1-13-5-6-16(14(9-13)10-20)23-17-15-11-22-27(12-21)18(15)25-19(24-17)26-7-3-2-4-8-26/h5-6,9,11H,2-4,7-8,10,12H2,1H3,(H,23,24,25). The molecule has 0 unspecified atom stereocenters. The zero-order valence-electron chi connectivity index (χ0n) is 15.3. The molecule has 6 nitrogen and oxygen atoms in total. The van der Waals surface area contributed by atoms with E-state index in [2.05, 4.69) is 85.6 Å². The summed E-state index contributed by atoms with van der Waals surface area (Å²) in [5.41, 5.74) is 4.54. The molecule has 0 atom stereocenters. The first-order chi connectivity index (χ1) is 13.2. The van der Waals surface area contributed by atoms with Crippen LogP contribution in [0, 0.1) is 6.92 Å². The van der Waals surface area contributed by atoms with E-state index in [0.717, 1.165) is 50.6 Å². The van der Waals surface area contributed by atoms with Gasteiger partial charge in [-0.3, -0.25) is 0 Å². The van der Waals surface area contributed by atoms with E-state index in [4.69, 9.17) is 9.97 Å². The fraction of sp³-hybridized carbons (Fsp3) is 0.421. The van der Waals surface area contributed by atoms with Crippen LogP contribution in [0.15, 0.2) is 24.4 Å². The number of hydrogen-bond acceptors (Lipinski definition) is 5. The molecule has 8 heteroatoms. The number of piperidine rings is 1. The Hall–Kier alpha value is -1.17. The number of aromatic nitrogens is 4. The summed E-state index contributed by atoms with van der Waals surface area (Å²) >= 11 is 4.73. The molecular formula is C19H22I2N6. The van der Waals surface area contributed by atoms with Crippen molar-refractivity contribution in [2.24, 2.45) is 0 Å². The van der Waals surface area contributed by atoms with Crippen LogP contribution in [0.5, 0.6) is 0 Å². The molecule has 0 spiro atoms. The molecule has 27 heavy (non-hydrogen) atoms. The van der Waals surface area contributed by atoms with Gasteiger partial charge in [-0.05, 0) is 37.8 Å². The SMILES string of the molecule is Cc1ccc(Nc2nc(N3CCCCC3)nc3c2cnn3CI)c(CI)c1. The third-order valence-electron chi connectivity index (χ3n) is 4.89. The maximum atomic E-state index is 4.91. The van der Waals surface area contributed by atoms with E-state index in [1.54, 1.807) is 0 Å². The normalized spacial score (nSPS) is 14.7. The van der Waals surface area contributed by atoms with Crippen LogP contribution in [0.25, 0.3) is 11.0 Å². The number of alkyl halides is 2. The molecule has 1 aliphatic heterocycles. The van der Waals surface area contributed by atoms with Crippen molar-refractivity contribution in [1.29, 1.82) is 0 Å². The molecule has 2 aromatic heterocycles. The Morgan fingerprint density at radius 3 is 2.67 bits per heavy atom. The maximum Gasteiger partial charge on any atom is 0.229 e. The molecule has 1 N–H and O–H groups in total. The van der Waals surface area contributed by atoms with Crippen LogP contribution >= 0.6 is 45.2 Å². The van der Waals surface area contributed by atoms with Gasteiger partial charge in [0.2, 0.25) is 5.95 Å². The van der Waals surface area contributed by atoms with Gasteiger partial charge in [0.25, 0.3) is 0 Å². The van der Waals surface area contributed by atoms with Crippen LogP contribution < -0.4 is 10.2 Å². The highest BCUT2D eigenvalue weighted by Crippen LogP contribution is 2.30. The molecule has 0 saturated carbocycles. The van der Waals surface area contributed by atoms with E-state index in [9.17, 15) is 0 Å². The fourth-order valence-corrected chi connectivity index (χ4v) is 4.57. The number of nitrogens with one attached hydrogen (secondary N) is 1. The van der Waals surface area contributed by atoms with Crippen molar-refractivity contribution in [1.82, 2.24) is 19.7 Å². The van der Waals surface area contributed by atoms with E-state index in [1.165, 1.54) is 30.4 Å². The lowest BCUT2D eigenvalue weighted by Gasteiger charge is -2.27. The van der Waals surface area contributed by atoms with E-state index in [-0.39, 0.29) is 0 Å². The van der Waals surface area contributed by atoms with Crippen LogP contribution in [0.1, 0.15) is 30.4 Å². The number of hydrogen-bond donors (Lipinski definition) is 1.